The number of nitrogens with zero attached hydrogens (tertiary/aromatic N) is 3. The van der Waals surface area contributed by atoms with E-state index in [0.29, 0.717) is 30.4 Å². The van der Waals surface area contributed by atoms with Crippen LogP contribution in [-0.2, 0) is 27.3 Å². The van der Waals surface area contributed by atoms with E-state index in [-0.39, 0.29) is 49.9 Å². The number of carbonyl (C=O) groups is 3. The van der Waals surface area contributed by atoms with Crippen LogP contribution in [0.1, 0.15) is 36.8 Å². The van der Waals surface area contributed by atoms with Crippen molar-refractivity contribution in [2.75, 3.05) is 31.1 Å². The third-order valence-electron chi connectivity index (χ3n) is 6.63. The first kappa shape index (κ1) is 25.7. The van der Waals surface area contributed by atoms with Gasteiger partial charge in [-0.3, -0.25) is 14.4 Å². The zero-order valence-corrected chi connectivity index (χ0v) is 19.9. The second-order valence-corrected chi connectivity index (χ2v) is 9.33. The van der Waals surface area contributed by atoms with Gasteiger partial charge in [-0.2, -0.15) is 0 Å². The SMILES string of the molecule is N[C@@H](CC(=O)N1CC(=O)N(CC(=O)N2CCCCC2)c2ccccc2C1)Cc1cc(F)c(F)cc1F. The summed E-state index contributed by atoms with van der Waals surface area (Å²) in [6, 6.07) is 7.42. The van der Waals surface area contributed by atoms with Gasteiger partial charge in [-0.15, -0.1) is 0 Å². The molecule has 2 aromatic carbocycles. The summed E-state index contributed by atoms with van der Waals surface area (Å²) >= 11 is 0. The van der Waals surface area contributed by atoms with Crippen LogP contribution in [-0.4, -0.2) is 59.7 Å². The zero-order chi connectivity index (χ0) is 25.8. The van der Waals surface area contributed by atoms with E-state index in [1.807, 2.05) is 0 Å². The average Bonchev–Trinajstić information content (AvgIpc) is 2.99. The standard InChI is InChI=1S/C26H29F3N4O3/c27-20-13-22(29)21(28)11-18(20)10-19(30)12-24(34)32-14-17-6-2-3-7-23(17)33(26(36)15-32)16-25(35)31-8-4-1-5-9-31/h2-3,6-7,11,13,19H,1,4-5,8-10,12,14-16,30H2/t19-/m1/s1. The predicted octanol–water partition coefficient (Wildman–Crippen LogP) is 2.75. The molecule has 1 saturated heterocycles. The molecule has 0 unspecified atom stereocenters. The first-order valence-electron chi connectivity index (χ1n) is 12.1. The minimum absolute atomic E-state index is 0.104. The van der Waals surface area contributed by atoms with Gasteiger partial charge in [-0.25, -0.2) is 13.2 Å². The van der Waals surface area contributed by atoms with Gasteiger partial charge in [-0.1, -0.05) is 18.2 Å². The summed E-state index contributed by atoms with van der Waals surface area (Å²) in [5.41, 5.74) is 7.20. The van der Waals surface area contributed by atoms with Gasteiger partial charge < -0.3 is 20.4 Å². The number of anilines is 1. The number of rotatable bonds is 6. The highest BCUT2D eigenvalue weighted by molar-refractivity contribution is 6.02. The molecule has 2 aromatic rings. The molecule has 4 rings (SSSR count). The Hall–Kier alpha value is -3.40. The normalized spacial score (nSPS) is 17.0. The molecular formula is C26H29F3N4O3. The van der Waals surface area contributed by atoms with Gasteiger partial charge in [0.05, 0.1) is 0 Å². The molecule has 0 aliphatic carbocycles. The largest absolute Gasteiger partial charge is 0.341 e. The molecule has 1 atom stereocenters. The van der Waals surface area contributed by atoms with Crippen molar-refractivity contribution >= 4 is 23.4 Å². The summed E-state index contributed by atoms with van der Waals surface area (Å²) in [5, 5.41) is 0. The van der Waals surface area contributed by atoms with Gasteiger partial charge in [0.15, 0.2) is 11.6 Å². The summed E-state index contributed by atoms with van der Waals surface area (Å²) in [5.74, 6) is -4.39. The lowest BCUT2D eigenvalue weighted by Gasteiger charge is -2.30. The van der Waals surface area contributed by atoms with E-state index in [4.69, 9.17) is 5.73 Å². The highest BCUT2D eigenvalue weighted by atomic mass is 19.2. The van der Waals surface area contributed by atoms with Crippen molar-refractivity contribution in [1.82, 2.24) is 9.80 Å². The number of benzene rings is 2. The zero-order valence-electron chi connectivity index (χ0n) is 19.9. The van der Waals surface area contributed by atoms with Crippen molar-refractivity contribution in [3.05, 3.63) is 65.0 Å². The molecule has 2 aliphatic heterocycles. The third kappa shape index (κ3) is 5.87. The van der Waals surface area contributed by atoms with Crippen LogP contribution in [0.4, 0.5) is 18.9 Å². The maximum absolute atomic E-state index is 14.0. The molecular weight excluding hydrogens is 473 g/mol. The smallest absolute Gasteiger partial charge is 0.247 e. The van der Waals surface area contributed by atoms with Gasteiger partial charge in [0.2, 0.25) is 17.7 Å². The minimum Gasteiger partial charge on any atom is -0.341 e. The van der Waals surface area contributed by atoms with Gasteiger partial charge in [0, 0.05) is 43.9 Å². The number of fused-ring (bicyclic) bond motifs is 1. The Morgan fingerprint density at radius 3 is 2.33 bits per heavy atom. The third-order valence-corrected chi connectivity index (χ3v) is 6.63. The highest BCUT2D eigenvalue weighted by Gasteiger charge is 2.31. The molecule has 1 fully saturated rings. The first-order valence-corrected chi connectivity index (χ1v) is 12.1. The van der Waals surface area contributed by atoms with Crippen LogP contribution in [0.3, 0.4) is 0 Å². The first-order chi connectivity index (χ1) is 17.2. The topological polar surface area (TPSA) is 87.0 Å². The molecule has 0 aromatic heterocycles. The fraction of sp³-hybridized carbons (Fsp3) is 0.423. The maximum Gasteiger partial charge on any atom is 0.247 e. The number of nitrogens with two attached hydrogens (primary N) is 1. The molecule has 36 heavy (non-hydrogen) atoms. The fourth-order valence-electron chi connectivity index (χ4n) is 4.71. The monoisotopic (exact) mass is 502 g/mol. The van der Waals surface area contributed by atoms with Crippen molar-refractivity contribution < 1.29 is 27.6 Å². The van der Waals surface area contributed by atoms with E-state index < -0.39 is 29.4 Å². The molecule has 192 valence electrons. The van der Waals surface area contributed by atoms with Crippen molar-refractivity contribution in [2.45, 2.75) is 44.7 Å². The number of piperidine rings is 1. The van der Waals surface area contributed by atoms with Gasteiger partial charge in [0.1, 0.15) is 18.9 Å². The van der Waals surface area contributed by atoms with Gasteiger partial charge >= 0.3 is 0 Å². The number of para-hydroxylation sites is 1. The van der Waals surface area contributed by atoms with E-state index in [2.05, 4.69) is 0 Å². The molecule has 3 amide bonds. The number of hydrogen-bond acceptors (Lipinski definition) is 4. The number of halogens is 3. The van der Waals surface area contributed by atoms with Crippen LogP contribution in [0.5, 0.6) is 0 Å². The summed E-state index contributed by atoms with van der Waals surface area (Å²) in [6.45, 7) is 1.13. The average molecular weight is 503 g/mol. The Labute approximate surface area is 207 Å². The maximum atomic E-state index is 14.0. The van der Waals surface area contributed by atoms with E-state index in [1.165, 1.54) is 9.80 Å². The summed E-state index contributed by atoms with van der Waals surface area (Å²) in [6.07, 6.45) is 2.56. The Morgan fingerprint density at radius 1 is 0.889 bits per heavy atom. The van der Waals surface area contributed by atoms with Crippen LogP contribution in [0, 0.1) is 17.5 Å². The van der Waals surface area contributed by atoms with E-state index in [9.17, 15) is 27.6 Å². The summed E-state index contributed by atoms with van der Waals surface area (Å²) in [4.78, 5) is 43.7. The van der Waals surface area contributed by atoms with E-state index in [0.717, 1.165) is 25.3 Å². The second kappa shape index (κ2) is 11.1. The predicted molar refractivity (Wildman–Crippen MR) is 127 cm³/mol. The Bertz CT molecular complexity index is 1150. The van der Waals surface area contributed by atoms with E-state index in [1.54, 1.807) is 29.2 Å². The summed E-state index contributed by atoms with van der Waals surface area (Å²) in [7, 11) is 0. The molecule has 2 N–H and O–H groups in total. The quantitative estimate of drug-likeness (QED) is 0.616. The Kier molecular flexibility index (Phi) is 7.93. The number of hydrogen-bond donors (Lipinski definition) is 1. The lowest BCUT2D eigenvalue weighted by molar-refractivity contribution is -0.136. The molecule has 0 spiro atoms. The number of carbonyl (C=O) groups excluding carboxylic acids is 3. The van der Waals surface area contributed by atoms with Crippen LogP contribution >= 0.6 is 0 Å². The fourth-order valence-corrected chi connectivity index (χ4v) is 4.71. The van der Waals surface area contributed by atoms with Crippen LogP contribution in [0.2, 0.25) is 0 Å². The van der Waals surface area contributed by atoms with Crippen molar-refractivity contribution in [3.8, 4) is 0 Å². The van der Waals surface area contributed by atoms with Crippen molar-refractivity contribution in [3.63, 3.8) is 0 Å². The van der Waals surface area contributed by atoms with Gasteiger partial charge in [0.25, 0.3) is 0 Å². The Balaban J connectivity index is 1.46. The molecule has 0 radical (unpaired) electrons. The van der Waals surface area contributed by atoms with E-state index >= 15 is 0 Å². The van der Waals surface area contributed by atoms with Crippen molar-refractivity contribution in [2.24, 2.45) is 5.73 Å². The lowest BCUT2D eigenvalue weighted by Crippen LogP contribution is -2.47. The summed E-state index contributed by atoms with van der Waals surface area (Å²) < 4.78 is 40.7. The molecule has 2 aliphatic rings. The molecule has 0 bridgehead atoms. The van der Waals surface area contributed by atoms with Crippen LogP contribution in [0.15, 0.2) is 36.4 Å². The molecule has 2 heterocycles. The minimum atomic E-state index is -1.30. The number of amides is 3. The van der Waals surface area contributed by atoms with Crippen LogP contribution in [0.25, 0.3) is 0 Å². The highest BCUT2D eigenvalue weighted by Crippen LogP contribution is 2.26. The number of likely N-dealkylation sites (tertiary alicyclic amines) is 1. The Morgan fingerprint density at radius 2 is 1.58 bits per heavy atom. The molecule has 10 heteroatoms. The molecule has 0 saturated carbocycles. The molecule has 7 nitrogen and oxygen atoms in total. The van der Waals surface area contributed by atoms with Gasteiger partial charge in [-0.05, 0) is 48.9 Å². The van der Waals surface area contributed by atoms with Crippen molar-refractivity contribution in [1.29, 1.82) is 0 Å². The van der Waals surface area contributed by atoms with Crippen LogP contribution < -0.4 is 10.6 Å². The second-order valence-electron chi connectivity index (χ2n) is 9.33. The lowest BCUT2D eigenvalue weighted by atomic mass is 10.0.